The summed E-state index contributed by atoms with van der Waals surface area (Å²) >= 11 is 12.0. The molecule has 0 bridgehead atoms. The van der Waals surface area contributed by atoms with E-state index in [1.54, 1.807) is 29.2 Å². The van der Waals surface area contributed by atoms with Gasteiger partial charge in [-0.2, -0.15) is 0 Å². The zero-order chi connectivity index (χ0) is 18.6. The molecule has 0 saturated heterocycles. The summed E-state index contributed by atoms with van der Waals surface area (Å²) in [5, 5.41) is 4.05. The van der Waals surface area contributed by atoms with Crippen molar-refractivity contribution in [2.75, 3.05) is 16.8 Å². The maximum atomic E-state index is 12.2. The van der Waals surface area contributed by atoms with Crippen molar-refractivity contribution in [3.63, 3.8) is 0 Å². The van der Waals surface area contributed by atoms with Crippen molar-refractivity contribution in [2.24, 2.45) is 0 Å². The Kier molecular flexibility index (Phi) is 6.45. The van der Waals surface area contributed by atoms with Crippen LogP contribution in [0.25, 0.3) is 0 Å². The van der Waals surface area contributed by atoms with Gasteiger partial charge in [0.25, 0.3) is 0 Å². The maximum absolute atomic E-state index is 12.2. The van der Waals surface area contributed by atoms with Crippen LogP contribution in [0.15, 0.2) is 36.4 Å². The summed E-state index contributed by atoms with van der Waals surface area (Å²) in [5.74, 6) is -0.315. The first-order valence-electron chi connectivity index (χ1n) is 7.88. The second-order valence-electron chi connectivity index (χ2n) is 5.86. The molecule has 6 heteroatoms. The summed E-state index contributed by atoms with van der Waals surface area (Å²) in [7, 11) is 0. The predicted molar refractivity (Wildman–Crippen MR) is 104 cm³/mol. The molecule has 0 fully saturated rings. The lowest BCUT2D eigenvalue weighted by molar-refractivity contribution is -0.117. The van der Waals surface area contributed by atoms with Crippen LogP contribution in [0.2, 0.25) is 10.0 Å². The topological polar surface area (TPSA) is 49.4 Å². The summed E-state index contributed by atoms with van der Waals surface area (Å²) in [4.78, 5) is 25.7. The number of anilines is 2. The van der Waals surface area contributed by atoms with Gasteiger partial charge in [-0.25, -0.2) is 0 Å². The number of amides is 2. The molecule has 25 heavy (non-hydrogen) atoms. The summed E-state index contributed by atoms with van der Waals surface area (Å²) < 4.78 is 0. The van der Waals surface area contributed by atoms with Gasteiger partial charge < -0.3 is 10.2 Å². The molecule has 2 aromatic carbocycles. The Morgan fingerprint density at radius 2 is 1.76 bits per heavy atom. The molecule has 2 amide bonds. The molecule has 0 saturated carbocycles. The van der Waals surface area contributed by atoms with Crippen molar-refractivity contribution in [2.45, 2.75) is 27.2 Å². The number of nitrogens with zero attached hydrogens (tertiary/aromatic N) is 1. The van der Waals surface area contributed by atoms with E-state index in [0.717, 1.165) is 11.1 Å². The Balaban J connectivity index is 2.04. The molecule has 0 aromatic heterocycles. The quantitative estimate of drug-likeness (QED) is 0.796. The van der Waals surface area contributed by atoms with Crippen LogP contribution in [-0.2, 0) is 9.59 Å². The fourth-order valence-corrected chi connectivity index (χ4v) is 2.81. The van der Waals surface area contributed by atoms with Crippen molar-refractivity contribution in [3.8, 4) is 0 Å². The van der Waals surface area contributed by atoms with Gasteiger partial charge in [0.1, 0.15) is 0 Å². The molecule has 0 aliphatic rings. The molecule has 132 valence electrons. The van der Waals surface area contributed by atoms with Crippen LogP contribution in [-0.4, -0.2) is 18.4 Å². The smallest absolute Gasteiger partial charge is 0.226 e. The number of nitrogens with one attached hydrogen (secondary N) is 1. The molecular formula is C19H20Cl2N2O2. The standard InChI is InChI=1S/C19H20Cl2N2O2/c1-12-4-6-16(11-17(12)21)23(14(3)24)9-8-19(25)22-18-7-5-15(20)10-13(18)2/h4-7,10-11H,8-9H2,1-3H3,(H,22,25). The largest absolute Gasteiger partial charge is 0.326 e. The van der Waals surface area contributed by atoms with Crippen molar-refractivity contribution in [1.29, 1.82) is 0 Å². The van der Waals surface area contributed by atoms with E-state index < -0.39 is 0 Å². The monoisotopic (exact) mass is 378 g/mol. The number of hydrogen-bond acceptors (Lipinski definition) is 2. The van der Waals surface area contributed by atoms with Crippen LogP contribution >= 0.6 is 23.2 Å². The minimum Gasteiger partial charge on any atom is -0.326 e. The molecule has 0 aliphatic carbocycles. The first-order chi connectivity index (χ1) is 11.8. The van der Waals surface area contributed by atoms with Crippen molar-refractivity contribution < 1.29 is 9.59 Å². The highest BCUT2D eigenvalue weighted by atomic mass is 35.5. The summed E-state index contributed by atoms with van der Waals surface area (Å²) in [6.07, 6.45) is 0.174. The molecule has 4 nitrogen and oxygen atoms in total. The number of carbonyl (C=O) groups is 2. The molecule has 1 N–H and O–H groups in total. The third kappa shape index (κ3) is 5.21. The van der Waals surface area contributed by atoms with Gasteiger partial charge in [0.2, 0.25) is 11.8 Å². The Bertz CT molecular complexity index is 806. The summed E-state index contributed by atoms with van der Waals surface area (Å²) in [5.41, 5.74) is 3.21. The molecule has 2 aromatic rings. The number of rotatable bonds is 5. The van der Waals surface area contributed by atoms with Gasteiger partial charge >= 0.3 is 0 Å². The molecule has 0 unspecified atom stereocenters. The van der Waals surface area contributed by atoms with Crippen LogP contribution in [0.4, 0.5) is 11.4 Å². The molecule has 0 spiro atoms. The lowest BCUT2D eigenvalue weighted by atomic mass is 10.2. The molecule has 2 rings (SSSR count). The Morgan fingerprint density at radius 3 is 2.36 bits per heavy atom. The van der Waals surface area contributed by atoms with E-state index in [1.165, 1.54) is 6.92 Å². The number of hydrogen-bond donors (Lipinski definition) is 1. The molecule has 0 atom stereocenters. The summed E-state index contributed by atoms with van der Waals surface area (Å²) in [6.45, 7) is 5.51. The normalized spacial score (nSPS) is 10.4. The highest BCUT2D eigenvalue weighted by Gasteiger charge is 2.15. The second kappa shape index (κ2) is 8.37. The van der Waals surface area contributed by atoms with Gasteiger partial charge in [0.05, 0.1) is 0 Å². The average molecular weight is 379 g/mol. The lowest BCUT2D eigenvalue weighted by Crippen LogP contribution is -2.32. The Hall–Kier alpha value is -2.04. The lowest BCUT2D eigenvalue weighted by Gasteiger charge is -2.21. The van der Waals surface area contributed by atoms with Crippen LogP contribution in [0, 0.1) is 13.8 Å². The van der Waals surface area contributed by atoms with Crippen LogP contribution in [0.5, 0.6) is 0 Å². The average Bonchev–Trinajstić information content (AvgIpc) is 2.53. The van der Waals surface area contributed by atoms with Gasteiger partial charge in [-0.15, -0.1) is 0 Å². The van der Waals surface area contributed by atoms with Crippen molar-refractivity contribution in [1.82, 2.24) is 0 Å². The van der Waals surface area contributed by atoms with E-state index >= 15 is 0 Å². The van der Waals surface area contributed by atoms with Gasteiger partial charge in [-0.05, 0) is 55.3 Å². The minimum absolute atomic E-state index is 0.143. The Labute approximate surface area is 157 Å². The first kappa shape index (κ1) is 19.3. The zero-order valence-electron chi connectivity index (χ0n) is 14.4. The molecule has 0 radical (unpaired) electrons. The fourth-order valence-electron chi connectivity index (χ4n) is 2.41. The van der Waals surface area contributed by atoms with Gasteiger partial charge in [0.15, 0.2) is 0 Å². The van der Waals surface area contributed by atoms with E-state index in [2.05, 4.69) is 5.32 Å². The third-order valence-electron chi connectivity index (χ3n) is 3.87. The first-order valence-corrected chi connectivity index (χ1v) is 8.64. The number of halogens is 2. The predicted octanol–water partition coefficient (Wildman–Crippen LogP) is 4.99. The minimum atomic E-state index is -0.171. The van der Waals surface area contributed by atoms with Gasteiger partial charge in [0, 0.05) is 41.3 Å². The SMILES string of the molecule is CC(=O)N(CCC(=O)Nc1ccc(Cl)cc1C)c1ccc(C)c(Cl)c1. The molecular weight excluding hydrogens is 359 g/mol. The maximum Gasteiger partial charge on any atom is 0.226 e. The zero-order valence-corrected chi connectivity index (χ0v) is 15.9. The van der Waals surface area contributed by atoms with Crippen molar-refractivity contribution in [3.05, 3.63) is 57.6 Å². The van der Waals surface area contributed by atoms with E-state index in [9.17, 15) is 9.59 Å². The molecule has 0 aliphatic heterocycles. The Morgan fingerprint density at radius 1 is 1.04 bits per heavy atom. The highest BCUT2D eigenvalue weighted by molar-refractivity contribution is 6.31. The number of benzene rings is 2. The van der Waals surface area contributed by atoms with Gasteiger partial charge in [-0.3, -0.25) is 9.59 Å². The van der Waals surface area contributed by atoms with E-state index in [4.69, 9.17) is 23.2 Å². The van der Waals surface area contributed by atoms with E-state index in [1.807, 2.05) is 26.0 Å². The van der Waals surface area contributed by atoms with Crippen molar-refractivity contribution >= 4 is 46.4 Å². The van der Waals surface area contributed by atoms with Crippen LogP contribution in [0.1, 0.15) is 24.5 Å². The third-order valence-corrected chi connectivity index (χ3v) is 4.51. The fraction of sp³-hybridized carbons (Fsp3) is 0.263. The second-order valence-corrected chi connectivity index (χ2v) is 6.71. The summed E-state index contributed by atoms with van der Waals surface area (Å²) in [6, 6.07) is 10.7. The van der Waals surface area contributed by atoms with Crippen LogP contribution in [0.3, 0.4) is 0 Å². The highest BCUT2D eigenvalue weighted by Crippen LogP contribution is 2.24. The molecule has 0 heterocycles. The van der Waals surface area contributed by atoms with Crippen LogP contribution < -0.4 is 10.2 Å². The number of aryl methyl sites for hydroxylation is 2. The van der Waals surface area contributed by atoms with E-state index in [0.29, 0.717) is 21.4 Å². The van der Waals surface area contributed by atoms with E-state index in [-0.39, 0.29) is 24.8 Å². The van der Waals surface area contributed by atoms with Gasteiger partial charge in [-0.1, -0.05) is 29.3 Å². The number of carbonyl (C=O) groups excluding carboxylic acids is 2.